The second-order valence-electron chi connectivity index (χ2n) is 3.84. The predicted octanol–water partition coefficient (Wildman–Crippen LogP) is 3.17. The third-order valence-electron chi connectivity index (χ3n) is 2.37. The van der Waals surface area contributed by atoms with Crippen LogP contribution < -0.4 is 5.32 Å². The van der Waals surface area contributed by atoms with E-state index in [-0.39, 0.29) is 11.3 Å². The molecule has 6 heteroatoms. The van der Waals surface area contributed by atoms with Crippen LogP contribution in [0.5, 0.6) is 0 Å². The molecule has 1 aromatic carbocycles. The first-order valence-electron chi connectivity index (χ1n) is 5.45. The number of hydrogen-bond acceptors (Lipinski definition) is 4. The van der Waals surface area contributed by atoms with E-state index in [0.717, 1.165) is 0 Å². The Bertz CT molecular complexity index is 617. The van der Waals surface area contributed by atoms with Crippen LogP contribution in [0.2, 0.25) is 5.02 Å². The zero-order valence-electron chi connectivity index (χ0n) is 10.1. The van der Waals surface area contributed by atoms with E-state index in [4.69, 9.17) is 21.2 Å². The maximum absolute atomic E-state index is 12.0. The fourth-order valence-corrected chi connectivity index (χ4v) is 1.58. The zero-order chi connectivity index (χ0) is 13.8. The summed E-state index contributed by atoms with van der Waals surface area (Å²) < 4.78 is 4.94. The smallest absolute Gasteiger partial charge is 0.262 e. The van der Waals surface area contributed by atoms with Gasteiger partial charge in [0.25, 0.3) is 5.91 Å². The Hall–Kier alpha value is -2.27. The molecular formula is C13H11ClN2O3. The minimum Gasteiger partial charge on any atom is -0.515 e. The Morgan fingerprint density at radius 2 is 2.11 bits per heavy atom. The number of aromatic nitrogens is 1. The van der Waals surface area contributed by atoms with Gasteiger partial charge < -0.3 is 14.9 Å². The van der Waals surface area contributed by atoms with Crippen LogP contribution in [0.1, 0.15) is 11.5 Å². The maximum atomic E-state index is 12.0. The number of benzene rings is 1. The molecule has 0 spiro atoms. The lowest BCUT2D eigenvalue weighted by molar-refractivity contribution is -0.111. The van der Waals surface area contributed by atoms with Crippen molar-refractivity contribution < 1.29 is 14.4 Å². The first kappa shape index (κ1) is 13.2. The number of hydrogen-bond donors (Lipinski definition) is 2. The number of rotatable bonds is 3. The number of carbonyl (C=O) groups excluding carboxylic acids is 1. The number of aliphatic hydroxyl groups is 1. The van der Waals surface area contributed by atoms with Gasteiger partial charge in [-0.3, -0.25) is 4.79 Å². The molecule has 5 nitrogen and oxygen atoms in total. The van der Waals surface area contributed by atoms with E-state index in [0.29, 0.717) is 22.7 Å². The monoisotopic (exact) mass is 278 g/mol. The third kappa shape index (κ3) is 3.14. The Labute approximate surface area is 114 Å². The van der Waals surface area contributed by atoms with Gasteiger partial charge in [0.15, 0.2) is 5.76 Å². The SMILES string of the molecule is Cc1cc(/C(=C/O)C(=O)Nc2ccc(Cl)cc2)on1. The van der Waals surface area contributed by atoms with E-state index in [9.17, 15) is 4.79 Å². The Morgan fingerprint density at radius 1 is 1.42 bits per heavy atom. The molecule has 0 aliphatic carbocycles. The minimum atomic E-state index is -0.499. The average Bonchev–Trinajstić information content (AvgIpc) is 2.80. The van der Waals surface area contributed by atoms with Gasteiger partial charge in [0, 0.05) is 16.8 Å². The summed E-state index contributed by atoms with van der Waals surface area (Å²) in [5.74, 6) is -0.299. The van der Waals surface area contributed by atoms with Gasteiger partial charge in [-0.2, -0.15) is 0 Å². The van der Waals surface area contributed by atoms with E-state index in [1.54, 1.807) is 37.3 Å². The number of nitrogens with one attached hydrogen (secondary N) is 1. The van der Waals surface area contributed by atoms with Crippen molar-refractivity contribution in [1.82, 2.24) is 5.16 Å². The summed E-state index contributed by atoms with van der Waals surface area (Å²) in [6.07, 6.45) is 0.686. The molecule has 1 heterocycles. The van der Waals surface area contributed by atoms with E-state index in [1.807, 2.05) is 0 Å². The van der Waals surface area contributed by atoms with Crippen molar-refractivity contribution in [2.24, 2.45) is 0 Å². The first-order chi connectivity index (χ1) is 9.10. The van der Waals surface area contributed by atoms with Gasteiger partial charge in [-0.15, -0.1) is 0 Å². The number of amides is 1. The molecule has 0 saturated carbocycles. The van der Waals surface area contributed by atoms with Crippen LogP contribution >= 0.6 is 11.6 Å². The molecule has 0 saturated heterocycles. The first-order valence-corrected chi connectivity index (χ1v) is 5.83. The number of aryl methyl sites for hydroxylation is 1. The van der Waals surface area contributed by atoms with E-state index >= 15 is 0 Å². The molecule has 0 aliphatic rings. The van der Waals surface area contributed by atoms with Gasteiger partial charge in [0.1, 0.15) is 5.57 Å². The number of nitrogens with zero attached hydrogens (tertiary/aromatic N) is 1. The minimum absolute atomic E-state index is 0.00412. The molecule has 2 N–H and O–H groups in total. The quantitative estimate of drug-likeness (QED) is 0.668. The molecule has 0 aliphatic heterocycles. The van der Waals surface area contributed by atoms with Crippen molar-refractivity contribution in [2.45, 2.75) is 6.92 Å². The molecule has 0 atom stereocenters. The van der Waals surface area contributed by atoms with Crippen molar-refractivity contribution in [3.8, 4) is 0 Å². The van der Waals surface area contributed by atoms with Gasteiger partial charge in [-0.05, 0) is 31.2 Å². The maximum Gasteiger partial charge on any atom is 0.262 e. The summed E-state index contributed by atoms with van der Waals surface area (Å²) in [6, 6.07) is 8.17. The molecular weight excluding hydrogens is 268 g/mol. The fraction of sp³-hybridized carbons (Fsp3) is 0.0769. The van der Waals surface area contributed by atoms with Crippen LogP contribution in [0.3, 0.4) is 0 Å². The highest BCUT2D eigenvalue weighted by molar-refractivity contribution is 6.30. The fourth-order valence-electron chi connectivity index (χ4n) is 1.46. The second kappa shape index (κ2) is 5.58. The van der Waals surface area contributed by atoms with Gasteiger partial charge in [0.2, 0.25) is 0 Å². The number of halogens is 1. The van der Waals surface area contributed by atoms with Gasteiger partial charge in [-0.25, -0.2) is 0 Å². The Morgan fingerprint density at radius 3 is 2.63 bits per heavy atom. The van der Waals surface area contributed by atoms with Crippen LogP contribution in [-0.4, -0.2) is 16.2 Å². The van der Waals surface area contributed by atoms with Crippen molar-refractivity contribution >= 4 is 28.8 Å². The Kier molecular flexibility index (Phi) is 3.87. The highest BCUT2D eigenvalue weighted by atomic mass is 35.5. The lowest BCUT2D eigenvalue weighted by Crippen LogP contribution is -2.13. The molecule has 0 radical (unpaired) electrons. The lowest BCUT2D eigenvalue weighted by atomic mass is 10.2. The summed E-state index contributed by atoms with van der Waals surface area (Å²) in [6.45, 7) is 1.72. The summed E-state index contributed by atoms with van der Waals surface area (Å²) in [4.78, 5) is 12.0. The van der Waals surface area contributed by atoms with Crippen molar-refractivity contribution in [2.75, 3.05) is 5.32 Å². The van der Waals surface area contributed by atoms with Gasteiger partial charge in [-0.1, -0.05) is 16.8 Å². The molecule has 0 unspecified atom stereocenters. The molecule has 98 valence electrons. The number of aliphatic hydroxyl groups excluding tert-OH is 1. The molecule has 19 heavy (non-hydrogen) atoms. The average molecular weight is 279 g/mol. The summed E-state index contributed by atoms with van der Waals surface area (Å²) in [5.41, 5.74) is 1.18. The summed E-state index contributed by atoms with van der Waals surface area (Å²) in [5, 5.41) is 16.0. The summed E-state index contributed by atoms with van der Waals surface area (Å²) >= 11 is 5.75. The largest absolute Gasteiger partial charge is 0.515 e. The van der Waals surface area contributed by atoms with Crippen molar-refractivity contribution in [1.29, 1.82) is 0 Å². The van der Waals surface area contributed by atoms with Crippen LogP contribution in [0.15, 0.2) is 41.1 Å². The lowest BCUT2D eigenvalue weighted by Gasteiger charge is -2.05. The van der Waals surface area contributed by atoms with Gasteiger partial charge >= 0.3 is 0 Å². The van der Waals surface area contributed by atoms with Crippen LogP contribution in [0.4, 0.5) is 5.69 Å². The predicted molar refractivity (Wildman–Crippen MR) is 71.9 cm³/mol. The van der Waals surface area contributed by atoms with Crippen molar-refractivity contribution in [3.05, 3.63) is 53.1 Å². The van der Waals surface area contributed by atoms with E-state index in [2.05, 4.69) is 10.5 Å². The van der Waals surface area contributed by atoms with Crippen molar-refractivity contribution in [3.63, 3.8) is 0 Å². The van der Waals surface area contributed by atoms with Crippen LogP contribution in [-0.2, 0) is 4.79 Å². The highest BCUT2D eigenvalue weighted by Crippen LogP contribution is 2.19. The Balaban J connectivity index is 2.16. The normalized spacial score (nSPS) is 11.4. The van der Waals surface area contributed by atoms with E-state index in [1.165, 1.54) is 0 Å². The molecule has 0 bridgehead atoms. The second-order valence-corrected chi connectivity index (χ2v) is 4.27. The third-order valence-corrected chi connectivity index (χ3v) is 2.62. The van der Waals surface area contributed by atoms with Crippen LogP contribution in [0.25, 0.3) is 5.57 Å². The standard InChI is InChI=1S/C13H11ClN2O3/c1-8-6-12(19-16-8)11(7-17)13(18)15-10-4-2-9(14)3-5-10/h2-7,17H,1H3,(H,15,18)/b11-7-. The highest BCUT2D eigenvalue weighted by Gasteiger charge is 2.17. The number of carbonyl (C=O) groups is 1. The molecule has 2 rings (SSSR count). The van der Waals surface area contributed by atoms with E-state index < -0.39 is 5.91 Å². The van der Waals surface area contributed by atoms with Crippen LogP contribution in [0, 0.1) is 6.92 Å². The zero-order valence-corrected chi connectivity index (χ0v) is 10.8. The molecule has 2 aromatic rings. The molecule has 1 aromatic heterocycles. The van der Waals surface area contributed by atoms with Gasteiger partial charge in [0.05, 0.1) is 12.0 Å². The molecule has 0 fully saturated rings. The summed E-state index contributed by atoms with van der Waals surface area (Å²) in [7, 11) is 0. The number of anilines is 1. The molecule has 1 amide bonds. The topological polar surface area (TPSA) is 75.4 Å².